The van der Waals surface area contributed by atoms with E-state index in [1.165, 1.54) is 22.5 Å². The van der Waals surface area contributed by atoms with Crippen LogP contribution in [0.5, 0.6) is 0 Å². The monoisotopic (exact) mass is 317 g/mol. The molecule has 3 rings (SSSR count). The number of aliphatic hydroxyl groups excluding tert-OH is 1. The molecule has 5 nitrogen and oxygen atoms in total. The van der Waals surface area contributed by atoms with E-state index in [1.54, 1.807) is 0 Å². The normalized spacial score (nSPS) is 21.0. The number of hydrogen-bond acceptors (Lipinski definition) is 5. The number of nitrogens with zero attached hydrogens (tertiary/aromatic N) is 1. The summed E-state index contributed by atoms with van der Waals surface area (Å²) in [6.07, 6.45) is -0.000897. The van der Waals surface area contributed by atoms with E-state index in [2.05, 4.69) is 47.7 Å². The molecule has 116 valence electrons. The van der Waals surface area contributed by atoms with E-state index >= 15 is 0 Å². The fourth-order valence-corrected chi connectivity index (χ4v) is 3.38. The van der Waals surface area contributed by atoms with Gasteiger partial charge in [-0.2, -0.15) is 0 Å². The first-order valence-corrected chi connectivity index (χ1v) is 8.16. The van der Waals surface area contributed by atoms with Crippen molar-refractivity contribution >= 4 is 22.4 Å². The zero-order valence-electron chi connectivity index (χ0n) is 12.6. The summed E-state index contributed by atoms with van der Waals surface area (Å²) >= 11 is 1.41. The summed E-state index contributed by atoms with van der Waals surface area (Å²) in [4.78, 5) is 16.6. The smallest absolute Gasteiger partial charge is 0.243 e. The lowest BCUT2D eigenvalue weighted by molar-refractivity contribution is -0.117. The highest BCUT2D eigenvalue weighted by molar-refractivity contribution is 7.14. The third-order valence-electron chi connectivity index (χ3n) is 3.82. The number of hydrogen-bond donors (Lipinski definition) is 3. The van der Waals surface area contributed by atoms with Gasteiger partial charge in [0, 0.05) is 17.5 Å². The first-order valence-electron chi connectivity index (χ1n) is 7.28. The van der Waals surface area contributed by atoms with Crippen LogP contribution in [0.2, 0.25) is 0 Å². The fraction of sp³-hybridized carbons (Fsp3) is 0.375. The molecule has 1 amide bonds. The molecule has 0 bridgehead atoms. The minimum absolute atomic E-state index is 0.141. The lowest BCUT2D eigenvalue weighted by Crippen LogP contribution is -2.35. The molecule has 2 atom stereocenters. The van der Waals surface area contributed by atoms with Crippen molar-refractivity contribution in [1.82, 2.24) is 10.3 Å². The summed E-state index contributed by atoms with van der Waals surface area (Å²) in [6, 6.07) is 5.89. The van der Waals surface area contributed by atoms with Crippen molar-refractivity contribution in [2.24, 2.45) is 0 Å². The van der Waals surface area contributed by atoms with Crippen LogP contribution >= 0.6 is 11.3 Å². The number of aryl methyl sites for hydroxylation is 2. The summed E-state index contributed by atoms with van der Waals surface area (Å²) in [7, 11) is 0. The average Bonchev–Trinajstić information content (AvgIpc) is 3.08. The van der Waals surface area contributed by atoms with E-state index in [0.29, 0.717) is 18.1 Å². The largest absolute Gasteiger partial charge is 0.392 e. The van der Waals surface area contributed by atoms with Crippen molar-refractivity contribution in [1.29, 1.82) is 0 Å². The molecule has 1 aliphatic heterocycles. The van der Waals surface area contributed by atoms with Gasteiger partial charge in [0.1, 0.15) is 0 Å². The third kappa shape index (κ3) is 3.19. The minimum atomic E-state index is -0.446. The quantitative estimate of drug-likeness (QED) is 0.810. The van der Waals surface area contributed by atoms with Crippen LogP contribution in [0.3, 0.4) is 0 Å². The molecule has 3 N–H and O–H groups in total. The zero-order valence-corrected chi connectivity index (χ0v) is 13.4. The van der Waals surface area contributed by atoms with Crippen LogP contribution in [0.4, 0.5) is 5.13 Å². The fourth-order valence-electron chi connectivity index (χ4n) is 2.67. The van der Waals surface area contributed by atoms with Crippen LogP contribution in [0.25, 0.3) is 11.3 Å². The van der Waals surface area contributed by atoms with Crippen LogP contribution in [0.15, 0.2) is 23.6 Å². The van der Waals surface area contributed by atoms with Crippen molar-refractivity contribution in [2.75, 3.05) is 11.9 Å². The van der Waals surface area contributed by atoms with Crippen molar-refractivity contribution in [3.63, 3.8) is 0 Å². The molecule has 2 aromatic rings. The molecule has 1 aromatic heterocycles. The Kier molecular flexibility index (Phi) is 4.24. The summed E-state index contributed by atoms with van der Waals surface area (Å²) in [5, 5.41) is 17.8. The maximum atomic E-state index is 12.1. The Morgan fingerprint density at radius 1 is 1.45 bits per heavy atom. The molecule has 1 saturated heterocycles. The van der Waals surface area contributed by atoms with Gasteiger partial charge >= 0.3 is 0 Å². The van der Waals surface area contributed by atoms with Gasteiger partial charge in [-0.1, -0.05) is 23.8 Å². The number of thiazole rings is 1. The first-order chi connectivity index (χ1) is 10.5. The van der Waals surface area contributed by atoms with Crippen molar-refractivity contribution < 1.29 is 9.90 Å². The van der Waals surface area contributed by atoms with Gasteiger partial charge in [-0.05, 0) is 25.8 Å². The summed E-state index contributed by atoms with van der Waals surface area (Å²) in [6.45, 7) is 4.58. The van der Waals surface area contributed by atoms with Crippen LogP contribution in [-0.4, -0.2) is 34.7 Å². The Morgan fingerprint density at radius 2 is 2.27 bits per heavy atom. The van der Waals surface area contributed by atoms with Gasteiger partial charge < -0.3 is 15.7 Å². The molecule has 6 heteroatoms. The van der Waals surface area contributed by atoms with Crippen LogP contribution in [-0.2, 0) is 4.79 Å². The Bertz CT molecular complexity index is 698. The van der Waals surface area contributed by atoms with Crippen molar-refractivity contribution in [3.05, 3.63) is 34.7 Å². The number of rotatable bonds is 3. The highest BCUT2D eigenvalue weighted by Crippen LogP contribution is 2.28. The molecule has 0 aliphatic carbocycles. The molecule has 1 fully saturated rings. The molecule has 0 spiro atoms. The second-order valence-corrected chi connectivity index (χ2v) is 6.55. The molecule has 1 aromatic carbocycles. The Balaban J connectivity index is 1.72. The Hall–Kier alpha value is -1.76. The number of nitrogens with one attached hydrogen (secondary N) is 2. The van der Waals surface area contributed by atoms with Gasteiger partial charge in [0.15, 0.2) is 5.13 Å². The van der Waals surface area contributed by atoms with Crippen molar-refractivity contribution in [2.45, 2.75) is 32.4 Å². The predicted molar refractivity (Wildman–Crippen MR) is 88.1 cm³/mol. The van der Waals surface area contributed by atoms with Gasteiger partial charge in [-0.15, -0.1) is 11.3 Å². The van der Waals surface area contributed by atoms with Crippen LogP contribution in [0, 0.1) is 13.8 Å². The number of benzene rings is 1. The first kappa shape index (κ1) is 15.1. The van der Waals surface area contributed by atoms with Crippen LogP contribution < -0.4 is 10.6 Å². The van der Waals surface area contributed by atoms with E-state index in [1.807, 2.05) is 5.38 Å². The predicted octanol–water partition coefficient (Wildman–Crippen LogP) is 2.09. The highest BCUT2D eigenvalue weighted by Gasteiger charge is 2.28. The second kappa shape index (κ2) is 6.16. The average molecular weight is 317 g/mol. The van der Waals surface area contributed by atoms with E-state index in [0.717, 1.165) is 11.3 Å². The van der Waals surface area contributed by atoms with E-state index in [9.17, 15) is 9.90 Å². The number of carbonyl (C=O) groups is 1. The van der Waals surface area contributed by atoms with E-state index < -0.39 is 6.10 Å². The Morgan fingerprint density at radius 3 is 2.95 bits per heavy atom. The minimum Gasteiger partial charge on any atom is -0.392 e. The molecule has 0 radical (unpaired) electrons. The molecule has 2 heterocycles. The molecule has 0 unspecified atom stereocenters. The van der Waals surface area contributed by atoms with Crippen molar-refractivity contribution in [3.8, 4) is 11.3 Å². The lowest BCUT2D eigenvalue weighted by atomic mass is 10.0. The molecular weight excluding hydrogens is 298 g/mol. The van der Waals surface area contributed by atoms with Gasteiger partial charge in [0.2, 0.25) is 5.91 Å². The number of anilines is 1. The summed E-state index contributed by atoms with van der Waals surface area (Å²) in [5.74, 6) is -0.141. The second-order valence-electron chi connectivity index (χ2n) is 5.70. The molecular formula is C16H19N3O2S. The molecule has 0 saturated carbocycles. The third-order valence-corrected chi connectivity index (χ3v) is 4.57. The zero-order chi connectivity index (χ0) is 15.7. The SMILES string of the molecule is Cc1ccc(-c2csc(NC(=O)[C@@H]3C[C@H](O)CN3)n2)c(C)c1. The lowest BCUT2D eigenvalue weighted by Gasteiger charge is -2.08. The number of β-amino-alcohol motifs (C(OH)–C–C–N with tert-alkyl or cyclic N) is 1. The maximum Gasteiger partial charge on any atom is 0.243 e. The van der Waals surface area contributed by atoms with Gasteiger partial charge in [-0.3, -0.25) is 4.79 Å². The van der Waals surface area contributed by atoms with Gasteiger partial charge in [0.05, 0.1) is 17.8 Å². The van der Waals surface area contributed by atoms with Gasteiger partial charge in [-0.25, -0.2) is 4.98 Å². The number of aliphatic hydroxyl groups is 1. The summed E-state index contributed by atoms with van der Waals surface area (Å²) in [5.41, 5.74) is 4.34. The van der Waals surface area contributed by atoms with E-state index in [-0.39, 0.29) is 11.9 Å². The molecule has 1 aliphatic rings. The topological polar surface area (TPSA) is 74.2 Å². The van der Waals surface area contributed by atoms with Gasteiger partial charge in [0.25, 0.3) is 0 Å². The Labute approximate surface area is 133 Å². The number of carbonyl (C=O) groups excluding carboxylic acids is 1. The number of aromatic nitrogens is 1. The number of amides is 1. The standard InChI is InChI=1S/C16H19N3O2S/c1-9-3-4-12(10(2)5-9)14-8-22-16(18-14)19-15(21)13-6-11(20)7-17-13/h3-5,8,11,13,17,20H,6-7H2,1-2H3,(H,18,19,21)/t11-,13-/m0/s1. The maximum absolute atomic E-state index is 12.1. The highest BCUT2D eigenvalue weighted by atomic mass is 32.1. The molecule has 22 heavy (non-hydrogen) atoms. The van der Waals surface area contributed by atoms with Crippen LogP contribution in [0.1, 0.15) is 17.5 Å². The van der Waals surface area contributed by atoms with E-state index in [4.69, 9.17) is 0 Å². The summed E-state index contributed by atoms with van der Waals surface area (Å²) < 4.78 is 0.